The first-order chi connectivity index (χ1) is 13.3. The van der Waals surface area contributed by atoms with Crippen molar-refractivity contribution >= 4 is 22.4 Å². The molecule has 0 aliphatic carbocycles. The molecule has 27 heavy (non-hydrogen) atoms. The van der Waals surface area contributed by atoms with Crippen molar-refractivity contribution in [2.24, 2.45) is 0 Å². The van der Waals surface area contributed by atoms with E-state index in [-0.39, 0.29) is 0 Å². The molecule has 4 aromatic rings. The van der Waals surface area contributed by atoms with Crippen LogP contribution in [0.5, 0.6) is 5.75 Å². The maximum absolute atomic E-state index is 6.17. The Morgan fingerprint density at radius 3 is 2.52 bits per heavy atom. The number of nitrogens with two attached hydrogens (primary N) is 1. The van der Waals surface area contributed by atoms with Gasteiger partial charge in [0, 0.05) is 5.02 Å². The Balaban J connectivity index is 1.55. The standard InChI is InChI=1S/C23H20ClNO2/c24-19-10-7-17(8-11-19)16-27-23-12-9-18-4-1-2-6-21(18)22(23)15-25-14-20-5-3-13-26-20/h1-13,25H,14-16H2/p+1. The molecular formula is C23H21ClNO2+. The van der Waals surface area contributed by atoms with Crippen molar-refractivity contribution in [1.29, 1.82) is 0 Å². The van der Waals surface area contributed by atoms with Crippen LogP contribution in [0.4, 0.5) is 0 Å². The molecule has 3 nitrogen and oxygen atoms in total. The lowest BCUT2D eigenvalue weighted by Gasteiger charge is -2.14. The average Bonchev–Trinajstić information content (AvgIpc) is 3.22. The molecular weight excluding hydrogens is 358 g/mol. The molecule has 0 aliphatic rings. The molecule has 1 aromatic heterocycles. The number of ether oxygens (including phenoxy) is 1. The Bertz CT molecular complexity index is 1010. The van der Waals surface area contributed by atoms with Crippen LogP contribution in [0, 0.1) is 0 Å². The van der Waals surface area contributed by atoms with Crippen molar-refractivity contribution < 1.29 is 14.5 Å². The molecule has 0 spiro atoms. The summed E-state index contributed by atoms with van der Waals surface area (Å²) < 4.78 is 11.6. The second-order valence-electron chi connectivity index (χ2n) is 6.45. The fourth-order valence-electron chi connectivity index (χ4n) is 3.19. The van der Waals surface area contributed by atoms with Gasteiger partial charge in [0.1, 0.15) is 25.4 Å². The van der Waals surface area contributed by atoms with Crippen molar-refractivity contribution in [3.63, 3.8) is 0 Å². The highest BCUT2D eigenvalue weighted by Crippen LogP contribution is 2.28. The molecule has 0 fully saturated rings. The number of furan rings is 1. The minimum Gasteiger partial charge on any atom is -0.488 e. The highest BCUT2D eigenvalue weighted by atomic mass is 35.5. The van der Waals surface area contributed by atoms with Crippen molar-refractivity contribution in [2.75, 3.05) is 0 Å². The predicted molar refractivity (Wildman–Crippen MR) is 108 cm³/mol. The molecule has 3 aromatic carbocycles. The largest absolute Gasteiger partial charge is 0.488 e. The van der Waals surface area contributed by atoms with Gasteiger partial charge in [0.25, 0.3) is 0 Å². The SMILES string of the molecule is Clc1ccc(COc2ccc3ccccc3c2C[NH2+]Cc2ccco2)cc1. The van der Waals surface area contributed by atoms with Gasteiger partial charge >= 0.3 is 0 Å². The van der Waals surface area contributed by atoms with Crippen LogP contribution in [0.3, 0.4) is 0 Å². The Morgan fingerprint density at radius 1 is 0.852 bits per heavy atom. The van der Waals surface area contributed by atoms with E-state index in [9.17, 15) is 0 Å². The highest BCUT2D eigenvalue weighted by Gasteiger charge is 2.11. The summed E-state index contributed by atoms with van der Waals surface area (Å²) >= 11 is 5.97. The van der Waals surface area contributed by atoms with Gasteiger partial charge in [-0.1, -0.05) is 54.1 Å². The molecule has 1 heterocycles. The first-order valence-electron chi connectivity index (χ1n) is 9.01. The summed E-state index contributed by atoms with van der Waals surface area (Å²) in [5, 5.41) is 5.41. The Kier molecular flexibility index (Phi) is 5.42. The van der Waals surface area contributed by atoms with Crippen molar-refractivity contribution in [1.82, 2.24) is 0 Å². The third kappa shape index (κ3) is 4.33. The Morgan fingerprint density at radius 2 is 1.70 bits per heavy atom. The number of fused-ring (bicyclic) bond motifs is 1. The van der Waals surface area contributed by atoms with E-state index in [1.54, 1.807) is 6.26 Å². The molecule has 0 atom stereocenters. The van der Waals surface area contributed by atoms with E-state index in [1.807, 2.05) is 36.4 Å². The monoisotopic (exact) mass is 378 g/mol. The van der Waals surface area contributed by atoms with Crippen LogP contribution < -0.4 is 10.1 Å². The molecule has 0 bridgehead atoms. The van der Waals surface area contributed by atoms with Crippen molar-refractivity contribution in [3.8, 4) is 5.75 Å². The lowest BCUT2D eigenvalue weighted by atomic mass is 10.0. The van der Waals surface area contributed by atoms with E-state index in [2.05, 4.69) is 41.7 Å². The predicted octanol–water partition coefficient (Wildman–Crippen LogP) is 4.93. The fourth-order valence-corrected chi connectivity index (χ4v) is 3.32. The van der Waals surface area contributed by atoms with E-state index in [1.165, 1.54) is 16.3 Å². The Hall–Kier alpha value is -2.75. The second kappa shape index (κ2) is 8.30. The summed E-state index contributed by atoms with van der Waals surface area (Å²) in [6.45, 7) is 2.13. The summed E-state index contributed by atoms with van der Waals surface area (Å²) in [5.74, 6) is 1.89. The molecule has 0 saturated carbocycles. The number of rotatable bonds is 7. The van der Waals surface area contributed by atoms with Gasteiger partial charge in [-0.05, 0) is 46.7 Å². The van der Waals surface area contributed by atoms with Gasteiger partial charge in [0.15, 0.2) is 5.76 Å². The smallest absolute Gasteiger partial charge is 0.157 e. The van der Waals surface area contributed by atoms with Gasteiger partial charge in [0.05, 0.1) is 11.8 Å². The normalized spacial score (nSPS) is 11.0. The minimum absolute atomic E-state index is 0.515. The van der Waals surface area contributed by atoms with Gasteiger partial charge in [-0.15, -0.1) is 0 Å². The second-order valence-corrected chi connectivity index (χ2v) is 6.89. The number of halogens is 1. The third-order valence-electron chi connectivity index (χ3n) is 4.58. The van der Waals surface area contributed by atoms with Crippen LogP contribution in [-0.2, 0) is 19.7 Å². The summed E-state index contributed by atoms with van der Waals surface area (Å²) in [4.78, 5) is 0. The lowest BCUT2D eigenvalue weighted by molar-refractivity contribution is -0.687. The maximum Gasteiger partial charge on any atom is 0.157 e. The fraction of sp³-hybridized carbons (Fsp3) is 0.130. The van der Waals surface area contributed by atoms with E-state index in [0.29, 0.717) is 6.61 Å². The Labute approximate surface area is 163 Å². The summed E-state index contributed by atoms with van der Waals surface area (Å²) in [7, 11) is 0. The van der Waals surface area contributed by atoms with Crippen LogP contribution in [0.25, 0.3) is 10.8 Å². The van der Waals surface area contributed by atoms with Gasteiger partial charge < -0.3 is 14.5 Å². The van der Waals surface area contributed by atoms with Crippen LogP contribution in [0.1, 0.15) is 16.9 Å². The summed E-state index contributed by atoms with van der Waals surface area (Å²) in [6, 6.07) is 24.3. The quantitative estimate of drug-likeness (QED) is 0.495. The molecule has 0 unspecified atom stereocenters. The highest BCUT2D eigenvalue weighted by molar-refractivity contribution is 6.30. The van der Waals surface area contributed by atoms with Gasteiger partial charge in [0.2, 0.25) is 0 Å². The van der Waals surface area contributed by atoms with Crippen LogP contribution >= 0.6 is 11.6 Å². The van der Waals surface area contributed by atoms with E-state index >= 15 is 0 Å². The van der Waals surface area contributed by atoms with Crippen LogP contribution in [0.2, 0.25) is 5.02 Å². The van der Waals surface area contributed by atoms with Gasteiger partial charge in [-0.3, -0.25) is 0 Å². The minimum atomic E-state index is 0.515. The molecule has 2 N–H and O–H groups in total. The van der Waals surface area contributed by atoms with Crippen LogP contribution in [-0.4, -0.2) is 0 Å². The molecule has 0 amide bonds. The van der Waals surface area contributed by atoms with Crippen molar-refractivity contribution in [2.45, 2.75) is 19.7 Å². The average molecular weight is 379 g/mol. The summed E-state index contributed by atoms with van der Waals surface area (Å²) in [5.41, 5.74) is 2.30. The number of benzene rings is 3. The zero-order valence-electron chi connectivity index (χ0n) is 14.9. The number of hydrogen-bond acceptors (Lipinski definition) is 2. The zero-order chi connectivity index (χ0) is 18.5. The van der Waals surface area contributed by atoms with Crippen LogP contribution in [0.15, 0.2) is 83.5 Å². The van der Waals surface area contributed by atoms with Gasteiger partial charge in [-0.2, -0.15) is 0 Å². The zero-order valence-corrected chi connectivity index (χ0v) is 15.7. The topological polar surface area (TPSA) is 39.0 Å². The number of hydrogen-bond donors (Lipinski definition) is 1. The summed E-state index contributed by atoms with van der Waals surface area (Å²) in [6.07, 6.45) is 1.71. The molecule has 0 aliphatic heterocycles. The first-order valence-corrected chi connectivity index (χ1v) is 9.39. The van der Waals surface area contributed by atoms with E-state index in [0.717, 1.165) is 35.2 Å². The molecule has 4 heteroatoms. The first kappa shape index (κ1) is 17.7. The van der Waals surface area contributed by atoms with E-state index < -0.39 is 0 Å². The molecule has 0 radical (unpaired) electrons. The molecule has 4 rings (SSSR count). The third-order valence-corrected chi connectivity index (χ3v) is 4.83. The lowest BCUT2D eigenvalue weighted by Crippen LogP contribution is -2.80. The molecule has 136 valence electrons. The number of quaternary nitrogens is 1. The van der Waals surface area contributed by atoms with Crippen molar-refractivity contribution in [3.05, 3.63) is 101 Å². The van der Waals surface area contributed by atoms with E-state index in [4.69, 9.17) is 20.8 Å². The maximum atomic E-state index is 6.17. The van der Waals surface area contributed by atoms with Gasteiger partial charge in [-0.25, -0.2) is 0 Å². The molecule has 0 saturated heterocycles.